The van der Waals surface area contributed by atoms with E-state index in [1.807, 2.05) is 6.92 Å². The first-order chi connectivity index (χ1) is 8.13. The number of nitrogens with two attached hydrogens (primary N) is 1. The van der Waals surface area contributed by atoms with E-state index in [-0.39, 0.29) is 11.9 Å². The number of aryl methyl sites for hydroxylation is 1. The molecule has 4 nitrogen and oxygen atoms in total. The van der Waals surface area contributed by atoms with Crippen LogP contribution in [0.3, 0.4) is 0 Å². The van der Waals surface area contributed by atoms with E-state index in [2.05, 4.69) is 23.0 Å². The number of aromatic nitrogens is 2. The molecule has 0 aliphatic heterocycles. The molecular weight excluding hydrogens is 254 g/mol. The standard InChI is InChI=1S/C11H15N3OS2/c1-3-7-4-8-9(16-6(2)5-15)13-11(12)14-10(8)17-7/h4,6,15H,3,5H2,1-2H3,(H2,12,13,14). The number of anilines is 1. The van der Waals surface area contributed by atoms with Gasteiger partial charge in [-0.2, -0.15) is 0 Å². The molecule has 17 heavy (non-hydrogen) atoms. The molecule has 92 valence electrons. The fourth-order valence-corrected chi connectivity index (χ4v) is 3.38. The van der Waals surface area contributed by atoms with Crippen LogP contribution in [0.2, 0.25) is 0 Å². The first-order valence-corrected chi connectivity index (χ1v) is 7.17. The Bertz CT molecular complexity index is 527. The molecule has 0 bridgehead atoms. The van der Waals surface area contributed by atoms with Crippen LogP contribution in [0.4, 0.5) is 5.95 Å². The average molecular weight is 269 g/mol. The van der Waals surface area contributed by atoms with Gasteiger partial charge in [0.1, 0.15) is 9.86 Å². The number of thiophene rings is 1. The Kier molecular flexibility index (Phi) is 3.86. The number of hydrogen-bond acceptors (Lipinski definition) is 6. The Morgan fingerprint density at radius 2 is 2.29 bits per heavy atom. The summed E-state index contributed by atoms with van der Waals surface area (Å²) < 4.78 is 0. The van der Waals surface area contributed by atoms with Gasteiger partial charge < -0.3 is 10.8 Å². The van der Waals surface area contributed by atoms with Crippen molar-refractivity contribution in [3.8, 4) is 0 Å². The summed E-state index contributed by atoms with van der Waals surface area (Å²) in [5.41, 5.74) is 5.70. The monoisotopic (exact) mass is 269 g/mol. The van der Waals surface area contributed by atoms with Crippen LogP contribution in [-0.4, -0.2) is 26.9 Å². The van der Waals surface area contributed by atoms with Crippen molar-refractivity contribution in [3.05, 3.63) is 10.9 Å². The number of rotatable bonds is 4. The van der Waals surface area contributed by atoms with Crippen molar-refractivity contribution in [3.63, 3.8) is 0 Å². The van der Waals surface area contributed by atoms with Crippen molar-refractivity contribution in [2.45, 2.75) is 30.5 Å². The molecule has 1 unspecified atom stereocenters. The molecule has 6 heteroatoms. The van der Waals surface area contributed by atoms with Crippen molar-refractivity contribution in [2.24, 2.45) is 0 Å². The van der Waals surface area contributed by atoms with E-state index >= 15 is 0 Å². The van der Waals surface area contributed by atoms with Crippen molar-refractivity contribution in [1.29, 1.82) is 0 Å². The average Bonchev–Trinajstić information content (AvgIpc) is 2.71. The zero-order valence-electron chi connectivity index (χ0n) is 9.80. The number of nitrogens with zero attached hydrogens (tertiary/aromatic N) is 2. The molecule has 0 aliphatic carbocycles. The minimum absolute atomic E-state index is 0.109. The van der Waals surface area contributed by atoms with E-state index in [1.54, 1.807) is 11.3 Å². The zero-order valence-corrected chi connectivity index (χ0v) is 11.4. The quantitative estimate of drug-likeness (QED) is 0.658. The maximum absolute atomic E-state index is 9.10. The van der Waals surface area contributed by atoms with Gasteiger partial charge in [-0.15, -0.1) is 23.1 Å². The Balaban J connectivity index is 2.48. The first-order valence-electron chi connectivity index (χ1n) is 5.47. The maximum atomic E-state index is 9.10. The van der Waals surface area contributed by atoms with Crippen LogP contribution >= 0.6 is 23.1 Å². The minimum atomic E-state index is 0.109. The van der Waals surface area contributed by atoms with Crippen LogP contribution in [0, 0.1) is 0 Å². The van der Waals surface area contributed by atoms with E-state index in [9.17, 15) is 0 Å². The Morgan fingerprint density at radius 3 is 2.94 bits per heavy atom. The van der Waals surface area contributed by atoms with Gasteiger partial charge in [-0.1, -0.05) is 13.8 Å². The van der Waals surface area contributed by atoms with Crippen molar-refractivity contribution >= 4 is 39.3 Å². The Hall–Kier alpha value is -0.850. The van der Waals surface area contributed by atoms with Gasteiger partial charge in [-0.05, 0) is 12.5 Å². The Morgan fingerprint density at radius 1 is 1.53 bits per heavy atom. The second kappa shape index (κ2) is 5.20. The number of nitrogen functional groups attached to an aromatic ring is 1. The van der Waals surface area contributed by atoms with E-state index in [4.69, 9.17) is 10.8 Å². The number of aliphatic hydroxyl groups excluding tert-OH is 1. The van der Waals surface area contributed by atoms with Crippen LogP contribution in [-0.2, 0) is 6.42 Å². The normalized spacial score (nSPS) is 13.1. The highest BCUT2D eigenvalue weighted by Gasteiger charge is 2.13. The van der Waals surface area contributed by atoms with E-state index in [0.29, 0.717) is 5.95 Å². The summed E-state index contributed by atoms with van der Waals surface area (Å²) >= 11 is 3.19. The largest absolute Gasteiger partial charge is 0.395 e. The van der Waals surface area contributed by atoms with Crippen molar-refractivity contribution in [1.82, 2.24) is 9.97 Å². The van der Waals surface area contributed by atoms with Gasteiger partial charge in [-0.25, -0.2) is 9.97 Å². The van der Waals surface area contributed by atoms with Gasteiger partial charge in [0.25, 0.3) is 0 Å². The molecule has 0 saturated heterocycles. The number of hydrogen-bond donors (Lipinski definition) is 2. The fourth-order valence-electron chi connectivity index (χ4n) is 1.45. The molecule has 1 atom stereocenters. The second-order valence-corrected chi connectivity index (χ2v) is 6.33. The molecule has 0 aromatic carbocycles. The molecule has 0 amide bonds. The molecule has 0 saturated carbocycles. The molecule has 2 aromatic heterocycles. The van der Waals surface area contributed by atoms with E-state index in [1.165, 1.54) is 16.6 Å². The highest BCUT2D eigenvalue weighted by atomic mass is 32.2. The number of thioether (sulfide) groups is 1. The summed E-state index contributed by atoms with van der Waals surface area (Å²) in [6.45, 7) is 4.20. The second-order valence-electron chi connectivity index (χ2n) is 3.78. The molecule has 2 rings (SSSR count). The topological polar surface area (TPSA) is 72.0 Å². The lowest BCUT2D eigenvalue weighted by atomic mass is 10.3. The third-order valence-electron chi connectivity index (χ3n) is 2.34. The summed E-state index contributed by atoms with van der Waals surface area (Å²) in [6, 6.07) is 2.12. The van der Waals surface area contributed by atoms with Crippen LogP contribution in [0.1, 0.15) is 18.7 Å². The lowest BCUT2D eigenvalue weighted by Gasteiger charge is -2.07. The lowest BCUT2D eigenvalue weighted by Crippen LogP contribution is -2.03. The van der Waals surface area contributed by atoms with Crippen LogP contribution < -0.4 is 5.73 Å². The molecule has 0 aliphatic rings. The van der Waals surface area contributed by atoms with E-state index < -0.39 is 0 Å². The summed E-state index contributed by atoms with van der Waals surface area (Å²) in [6.07, 6.45) is 0.987. The number of aliphatic hydroxyl groups is 1. The Labute approximate surface area is 108 Å². The van der Waals surface area contributed by atoms with Crippen LogP contribution in [0.15, 0.2) is 11.1 Å². The summed E-state index contributed by atoms with van der Waals surface area (Å²) in [4.78, 5) is 10.7. The highest BCUT2D eigenvalue weighted by Crippen LogP contribution is 2.33. The molecule has 2 aromatic rings. The zero-order chi connectivity index (χ0) is 12.4. The van der Waals surface area contributed by atoms with Gasteiger partial charge in [0, 0.05) is 15.5 Å². The summed E-state index contributed by atoms with van der Waals surface area (Å²) in [7, 11) is 0. The fraction of sp³-hybridized carbons (Fsp3) is 0.455. The van der Waals surface area contributed by atoms with Gasteiger partial charge in [0.2, 0.25) is 5.95 Å². The van der Waals surface area contributed by atoms with Crippen molar-refractivity contribution < 1.29 is 5.11 Å². The SMILES string of the molecule is CCc1cc2c(SC(C)CO)nc(N)nc2s1. The van der Waals surface area contributed by atoms with Gasteiger partial charge in [0.05, 0.1) is 6.61 Å². The van der Waals surface area contributed by atoms with Crippen LogP contribution in [0.25, 0.3) is 10.2 Å². The van der Waals surface area contributed by atoms with Gasteiger partial charge >= 0.3 is 0 Å². The third kappa shape index (κ3) is 2.70. The number of fused-ring (bicyclic) bond motifs is 1. The van der Waals surface area contributed by atoms with Crippen molar-refractivity contribution in [2.75, 3.05) is 12.3 Å². The molecule has 3 N–H and O–H groups in total. The smallest absolute Gasteiger partial charge is 0.222 e. The lowest BCUT2D eigenvalue weighted by molar-refractivity contribution is 0.300. The van der Waals surface area contributed by atoms with Gasteiger partial charge in [-0.3, -0.25) is 0 Å². The maximum Gasteiger partial charge on any atom is 0.222 e. The summed E-state index contributed by atoms with van der Waals surface area (Å²) in [5.74, 6) is 0.301. The van der Waals surface area contributed by atoms with E-state index in [0.717, 1.165) is 21.7 Å². The predicted molar refractivity (Wildman–Crippen MR) is 73.6 cm³/mol. The predicted octanol–water partition coefficient (Wildman–Crippen LogP) is 2.31. The first kappa shape index (κ1) is 12.6. The minimum Gasteiger partial charge on any atom is -0.395 e. The molecule has 0 fully saturated rings. The molecule has 0 radical (unpaired) electrons. The van der Waals surface area contributed by atoms with Gasteiger partial charge in [0.15, 0.2) is 0 Å². The highest BCUT2D eigenvalue weighted by molar-refractivity contribution is 8.00. The summed E-state index contributed by atoms with van der Waals surface area (Å²) in [5, 5.41) is 11.1. The van der Waals surface area contributed by atoms with Crippen LogP contribution in [0.5, 0.6) is 0 Å². The molecule has 0 spiro atoms. The third-order valence-corrected chi connectivity index (χ3v) is 4.60. The molecule has 2 heterocycles. The molecular formula is C11H15N3OS2.